The molecule has 1 atom stereocenters. The number of aliphatic carboxylic acids is 1. The zero-order chi connectivity index (χ0) is 15.5. The summed E-state index contributed by atoms with van der Waals surface area (Å²) < 4.78 is 0. The highest BCUT2D eigenvalue weighted by atomic mass is 16.4. The van der Waals surface area contributed by atoms with Crippen molar-refractivity contribution in [3.05, 3.63) is 23.8 Å². The fourth-order valence-electron chi connectivity index (χ4n) is 3.15. The molecule has 0 aromatic rings. The van der Waals surface area contributed by atoms with Gasteiger partial charge >= 0.3 is 5.97 Å². The standard InChI is InChI=1S/C17H23NO3/c1-16(21,17(12-18)9-10-17)8-7-14(11-15(19)20)13-5-3-2-4-6-13/h7-8,11,13,21H,2-6,9-10H2,1H3,(H,19,20)/b8-7+,14-11+/t16-/m1/s1. The molecular weight excluding hydrogens is 266 g/mol. The van der Waals surface area contributed by atoms with Gasteiger partial charge in [0.1, 0.15) is 0 Å². The van der Waals surface area contributed by atoms with E-state index in [9.17, 15) is 15.2 Å². The van der Waals surface area contributed by atoms with Gasteiger partial charge in [-0.25, -0.2) is 4.79 Å². The predicted molar refractivity (Wildman–Crippen MR) is 79.3 cm³/mol. The smallest absolute Gasteiger partial charge is 0.328 e. The molecule has 0 heterocycles. The van der Waals surface area contributed by atoms with E-state index in [0.29, 0.717) is 12.8 Å². The normalized spacial score (nSPS) is 25.3. The van der Waals surface area contributed by atoms with Crippen LogP contribution >= 0.6 is 0 Å². The van der Waals surface area contributed by atoms with Gasteiger partial charge in [-0.15, -0.1) is 0 Å². The first-order valence-electron chi connectivity index (χ1n) is 7.68. The van der Waals surface area contributed by atoms with Gasteiger partial charge in [0.2, 0.25) is 0 Å². The molecule has 2 aliphatic carbocycles. The molecule has 4 nitrogen and oxygen atoms in total. The summed E-state index contributed by atoms with van der Waals surface area (Å²) in [5.74, 6) is -0.708. The predicted octanol–water partition coefficient (Wildman–Crippen LogP) is 3.19. The minimum atomic E-state index is -1.20. The Hall–Kier alpha value is -1.60. The van der Waals surface area contributed by atoms with Crippen LogP contribution in [0, 0.1) is 22.7 Å². The molecule has 0 unspecified atom stereocenters. The summed E-state index contributed by atoms with van der Waals surface area (Å²) >= 11 is 0. The maximum Gasteiger partial charge on any atom is 0.328 e. The zero-order valence-corrected chi connectivity index (χ0v) is 12.5. The minimum Gasteiger partial charge on any atom is -0.478 e. The minimum absolute atomic E-state index is 0.249. The number of carboxylic acid groups (broad SMARTS) is 1. The van der Waals surface area contributed by atoms with Gasteiger partial charge in [0, 0.05) is 6.08 Å². The fraction of sp³-hybridized carbons (Fsp3) is 0.647. The number of rotatable bonds is 5. The number of hydrogen-bond acceptors (Lipinski definition) is 3. The van der Waals surface area contributed by atoms with Gasteiger partial charge in [-0.1, -0.05) is 31.4 Å². The molecule has 21 heavy (non-hydrogen) atoms. The molecular formula is C17H23NO3. The number of carboxylic acids is 1. The topological polar surface area (TPSA) is 81.3 Å². The Balaban J connectivity index is 2.17. The van der Waals surface area contributed by atoms with Crippen LogP contribution in [0.4, 0.5) is 0 Å². The van der Waals surface area contributed by atoms with E-state index in [1.807, 2.05) is 0 Å². The van der Waals surface area contributed by atoms with Crippen molar-refractivity contribution < 1.29 is 15.0 Å². The number of aliphatic hydroxyl groups is 1. The Labute approximate surface area is 125 Å². The molecule has 0 saturated heterocycles. The molecule has 0 spiro atoms. The van der Waals surface area contributed by atoms with Gasteiger partial charge in [0.15, 0.2) is 0 Å². The van der Waals surface area contributed by atoms with Gasteiger partial charge in [-0.05, 0) is 44.1 Å². The second kappa shape index (κ2) is 6.03. The average Bonchev–Trinajstić information content (AvgIpc) is 3.25. The number of carbonyl (C=O) groups is 1. The largest absolute Gasteiger partial charge is 0.478 e. The summed E-state index contributed by atoms with van der Waals surface area (Å²) in [6, 6.07) is 2.20. The van der Waals surface area contributed by atoms with Gasteiger partial charge in [0.25, 0.3) is 0 Å². The Morgan fingerprint density at radius 2 is 1.95 bits per heavy atom. The van der Waals surface area contributed by atoms with Crippen LogP contribution in [0.25, 0.3) is 0 Å². The molecule has 2 rings (SSSR count). The lowest BCUT2D eigenvalue weighted by Gasteiger charge is -2.26. The molecule has 0 aromatic carbocycles. The number of hydrogen-bond donors (Lipinski definition) is 2. The van der Waals surface area contributed by atoms with E-state index >= 15 is 0 Å². The maximum atomic E-state index is 11.0. The van der Waals surface area contributed by atoms with Crippen molar-refractivity contribution >= 4 is 5.97 Å². The second-order valence-corrected chi connectivity index (χ2v) is 6.49. The monoisotopic (exact) mass is 289 g/mol. The second-order valence-electron chi connectivity index (χ2n) is 6.49. The van der Waals surface area contributed by atoms with E-state index in [0.717, 1.165) is 31.3 Å². The molecule has 4 heteroatoms. The van der Waals surface area contributed by atoms with Crippen LogP contribution < -0.4 is 0 Å². The number of nitrogens with zero attached hydrogens (tertiary/aromatic N) is 1. The molecule has 0 aliphatic heterocycles. The van der Waals surface area contributed by atoms with Crippen LogP contribution in [0.3, 0.4) is 0 Å². The molecule has 2 saturated carbocycles. The van der Waals surface area contributed by atoms with E-state index in [1.165, 1.54) is 12.5 Å². The van der Waals surface area contributed by atoms with Gasteiger partial charge in [-0.2, -0.15) is 5.26 Å². The summed E-state index contributed by atoms with van der Waals surface area (Å²) in [6.45, 7) is 1.64. The lowest BCUT2D eigenvalue weighted by molar-refractivity contribution is -0.131. The van der Waals surface area contributed by atoms with Crippen LogP contribution in [-0.2, 0) is 4.79 Å². The molecule has 114 valence electrons. The third kappa shape index (κ3) is 3.54. The fourth-order valence-corrected chi connectivity index (χ4v) is 3.15. The summed E-state index contributed by atoms with van der Waals surface area (Å²) in [7, 11) is 0. The quantitative estimate of drug-likeness (QED) is 0.601. The molecule has 0 bridgehead atoms. The van der Waals surface area contributed by atoms with Crippen molar-refractivity contribution in [2.75, 3.05) is 0 Å². The third-order valence-electron chi connectivity index (χ3n) is 4.90. The third-order valence-corrected chi connectivity index (χ3v) is 4.90. The van der Waals surface area contributed by atoms with Crippen molar-refractivity contribution in [1.29, 1.82) is 5.26 Å². The number of allylic oxidation sites excluding steroid dienone is 2. The first-order chi connectivity index (χ1) is 9.90. The molecule has 2 fully saturated rings. The molecule has 0 amide bonds. The van der Waals surface area contributed by atoms with Crippen LogP contribution in [0.5, 0.6) is 0 Å². The van der Waals surface area contributed by atoms with E-state index in [1.54, 1.807) is 19.1 Å². The molecule has 0 aromatic heterocycles. The average molecular weight is 289 g/mol. The lowest BCUT2D eigenvalue weighted by Crippen LogP contribution is -2.33. The highest BCUT2D eigenvalue weighted by Crippen LogP contribution is 2.54. The lowest BCUT2D eigenvalue weighted by atomic mass is 9.81. The first-order valence-corrected chi connectivity index (χ1v) is 7.68. The Bertz CT molecular complexity index is 501. The van der Waals surface area contributed by atoms with Crippen LogP contribution in [0.2, 0.25) is 0 Å². The summed E-state index contributed by atoms with van der Waals surface area (Å²) in [6.07, 6.45) is 11.4. The van der Waals surface area contributed by atoms with E-state index in [4.69, 9.17) is 5.11 Å². The SMILES string of the molecule is C[C@@](O)(/C=C/C(=C\C(=O)O)C1CCCCC1)C1(C#N)CC1. The molecule has 0 radical (unpaired) electrons. The van der Waals surface area contributed by atoms with Crippen LogP contribution in [0.15, 0.2) is 23.8 Å². The Kier molecular flexibility index (Phi) is 4.53. The van der Waals surface area contributed by atoms with Crippen molar-refractivity contribution in [1.82, 2.24) is 0 Å². The van der Waals surface area contributed by atoms with Crippen molar-refractivity contribution in [3.8, 4) is 6.07 Å². The van der Waals surface area contributed by atoms with Gasteiger partial charge in [-0.3, -0.25) is 0 Å². The molecule has 2 aliphatic rings. The first kappa shape index (κ1) is 15.8. The van der Waals surface area contributed by atoms with Gasteiger partial charge in [0.05, 0.1) is 17.1 Å². The maximum absolute atomic E-state index is 11.0. The van der Waals surface area contributed by atoms with Gasteiger partial charge < -0.3 is 10.2 Å². The van der Waals surface area contributed by atoms with Crippen molar-refractivity contribution in [2.45, 2.75) is 57.5 Å². The Morgan fingerprint density at radius 3 is 2.43 bits per heavy atom. The summed E-state index contributed by atoms with van der Waals surface area (Å²) in [5, 5.41) is 28.7. The Morgan fingerprint density at radius 1 is 1.33 bits per heavy atom. The zero-order valence-electron chi connectivity index (χ0n) is 12.5. The summed E-state index contributed by atoms with van der Waals surface area (Å²) in [5.41, 5.74) is -1.13. The highest BCUT2D eigenvalue weighted by molar-refractivity contribution is 5.81. The summed E-state index contributed by atoms with van der Waals surface area (Å²) in [4.78, 5) is 11.0. The van der Waals surface area contributed by atoms with Crippen molar-refractivity contribution in [3.63, 3.8) is 0 Å². The van der Waals surface area contributed by atoms with Crippen LogP contribution in [-0.4, -0.2) is 21.8 Å². The number of nitriles is 1. The van der Waals surface area contributed by atoms with Crippen LogP contribution in [0.1, 0.15) is 51.9 Å². The van der Waals surface area contributed by atoms with Crippen molar-refractivity contribution in [2.24, 2.45) is 11.3 Å². The molecule has 2 N–H and O–H groups in total. The van der Waals surface area contributed by atoms with E-state index in [-0.39, 0.29) is 5.92 Å². The highest BCUT2D eigenvalue weighted by Gasteiger charge is 2.55. The van der Waals surface area contributed by atoms with E-state index in [2.05, 4.69) is 6.07 Å². The van der Waals surface area contributed by atoms with E-state index < -0.39 is 17.0 Å².